The molecule has 0 atom stereocenters. The Kier molecular flexibility index (Phi) is 7.06. The van der Waals surface area contributed by atoms with Crippen LogP contribution >= 0.6 is 12.2 Å². The van der Waals surface area contributed by atoms with Gasteiger partial charge >= 0.3 is 0 Å². The Morgan fingerprint density at radius 1 is 1.07 bits per heavy atom. The fraction of sp³-hybridized carbons (Fsp3) is 0.364. The first kappa shape index (κ1) is 21.1. The molecule has 0 saturated carbocycles. The standard InChI is InChI=1S/C22H27N3O3S/c1-16-4-7-18(8-5-16)23-21(26)15-28-19-9-6-17(14-20(19)27-3)22(29)25-12-10-24(2)11-13-25/h4-9,14H,10-13,15H2,1-3H3,(H,23,26). The number of piperazine rings is 1. The van der Waals surface area contributed by atoms with E-state index in [-0.39, 0.29) is 12.5 Å². The molecule has 0 bridgehead atoms. The number of thiocarbonyl (C=S) groups is 1. The van der Waals surface area contributed by atoms with Crippen LogP contribution in [0.25, 0.3) is 0 Å². The quantitative estimate of drug-likeness (QED) is 0.735. The van der Waals surface area contributed by atoms with Crippen molar-refractivity contribution in [3.63, 3.8) is 0 Å². The van der Waals surface area contributed by atoms with Gasteiger partial charge in [0.2, 0.25) is 0 Å². The third kappa shape index (κ3) is 5.68. The molecule has 0 unspecified atom stereocenters. The van der Waals surface area contributed by atoms with Crippen LogP contribution in [0.2, 0.25) is 0 Å². The van der Waals surface area contributed by atoms with Gasteiger partial charge < -0.3 is 24.6 Å². The van der Waals surface area contributed by atoms with Gasteiger partial charge in [-0.3, -0.25) is 4.79 Å². The Labute approximate surface area is 177 Å². The van der Waals surface area contributed by atoms with Gasteiger partial charge in [-0.15, -0.1) is 0 Å². The van der Waals surface area contributed by atoms with Crippen LogP contribution in [0.3, 0.4) is 0 Å². The van der Waals surface area contributed by atoms with Gasteiger partial charge in [0.15, 0.2) is 18.1 Å². The number of carbonyl (C=O) groups excluding carboxylic acids is 1. The maximum Gasteiger partial charge on any atom is 0.262 e. The second-order valence-electron chi connectivity index (χ2n) is 7.16. The Bertz CT molecular complexity index is 862. The molecule has 0 aliphatic carbocycles. The molecule has 29 heavy (non-hydrogen) atoms. The molecule has 1 aliphatic rings. The zero-order chi connectivity index (χ0) is 20.8. The van der Waals surface area contributed by atoms with Gasteiger partial charge in [0.05, 0.1) is 7.11 Å². The molecule has 154 valence electrons. The predicted molar refractivity (Wildman–Crippen MR) is 119 cm³/mol. The van der Waals surface area contributed by atoms with E-state index >= 15 is 0 Å². The van der Waals surface area contributed by atoms with Crippen molar-refractivity contribution >= 4 is 28.8 Å². The summed E-state index contributed by atoms with van der Waals surface area (Å²) in [4.78, 5) is 17.5. The van der Waals surface area contributed by atoms with Crippen molar-refractivity contribution in [3.05, 3.63) is 53.6 Å². The Morgan fingerprint density at radius 2 is 1.76 bits per heavy atom. The zero-order valence-electron chi connectivity index (χ0n) is 17.1. The third-order valence-electron chi connectivity index (χ3n) is 4.90. The number of nitrogens with one attached hydrogen (secondary N) is 1. The second kappa shape index (κ2) is 9.71. The van der Waals surface area contributed by atoms with Gasteiger partial charge in [-0.25, -0.2) is 0 Å². The number of amides is 1. The Morgan fingerprint density at radius 3 is 2.41 bits per heavy atom. The molecule has 2 aromatic rings. The highest BCUT2D eigenvalue weighted by molar-refractivity contribution is 7.80. The average Bonchev–Trinajstić information content (AvgIpc) is 2.74. The summed E-state index contributed by atoms with van der Waals surface area (Å²) in [5.41, 5.74) is 2.79. The van der Waals surface area contributed by atoms with E-state index in [0.717, 1.165) is 48.0 Å². The molecule has 1 aliphatic heterocycles. The highest BCUT2D eigenvalue weighted by atomic mass is 32.1. The monoisotopic (exact) mass is 413 g/mol. The molecule has 2 aromatic carbocycles. The van der Waals surface area contributed by atoms with Crippen LogP contribution in [0.15, 0.2) is 42.5 Å². The molecule has 0 spiro atoms. The van der Waals surface area contributed by atoms with E-state index in [1.807, 2.05) is 43.3 Å². The number of aryl methyl sites for hydroxylation is 1. The molecule has 1 amide bonds. The zero-order valence-corrected chi connectivity index (χ0v) is 17.9. The van der Waals surface area contributed by atoms with Crippen molar-refractivity contribution in [2.24, 2.45) is 0 Å². The SMILES string of the molecule is COc1cc(C(=S)N2CCN(C)CC2)ccc1OCC(=O)Nc1ccc(C)cc1. The van der Waals surface area contributed by atoms with Crippen molar-refractivity contribution in [2.45, 2.75) is 6.92 Å². The minimum atomic E-state index is -0.229. The number of methoxy groups -OCH3 is 1. The topological polar surface area (TPSA) is 54.0 Å². The molecule has 7 heteroatoms. The molecule has 6 nitrogen and oxygen atoms in total. The summed E-state index contributed by atoms with van der Waals surface area (Å²) >= 11 is 5.67. The molecular formula is C22H27N3O3S. The fourth-order valence-corrected chi connectivity index (χ4v) is 3.40. The summed E-state index contributed by atoms with van der Waals surface area (Å²) in [5, 5.41) is 2.82. The summed E-state index contributed by atoms with van der Waals surface area (Å²) in [7, 11) is 3.70. The number of rotatable bonds is 6. The molecule has 1 heterocycles. The van der Waals surface area contributed by atoms with E-state index in [0.29, 0.717) is 11.5 Å². The lowest BCUT2D eigenvalue weighted by Gasteiger charge is -2.34. The first-order valence-electron chi connectivity index (χ1n) is 9.61. The predicted octanol–water partition coefficient (Wildman–Crippen LogP) is 2.94. The van der Waals surface area contributed by atoms with Crippen molar-refractivity contribution in [2.75, 3.05) is 52.3 Å². The number of anilines is 1. The van der Waals surface area contributed by atoms with Gasteiger partial charge in [0, 0.05) is 37.4 Å². The minimum Gasteiger partial charge on any atom is -0.493 e. The number of carbonyl (C=O) groups is 1. The van der Waals surface area contributed by atoms with Gasteiger partial charge in [0.1, 0.15) is 4.99 Å². The van der Waals surface area contributed by atoms with E-state index in [9.17, 15) is 4.79 Å². The summed E-state index contributed by atoms with van der Waals surface area (Å²) in [6.07, 6.45) is 0. The van der Waals surface area contributed by atoms with Crippen molar-refractivity contribution in [1.29, 1.82) is 0 Å². The van der Waals surface area contributed by atoms with E-state index in [4.69, 9.17) is 21.7 Å². The molecule has 3 rings (SSSR count). The van der Waals surface area contributed by atoms with Gasteiger partial charge in [-0.1, -0.05) is 29.9 Å². The summed E-state index contributed by atoms with van der Waals surface area (Å²) in [6.45, 7) is 5.71. The van der Waals surface area contributed by atoms with Crippen molar-refractivity contribution < 1.29 is 14.3 Å². The number of likely N-dealkylation sites (N-methyl/N-ethyl adjacent to an activating group) is 1. The third-order valence-corrected chi connectivity index (χ3v) is 5.39. The van der Waals surface area contributed by atoms with E-state index in [2.05, 4.69) is 22.2 Å². The Hall–Kier alpha value is -2.64. The second-order valence-corrected chi connectivity index (χ2v) is 7.55. The molecule has 1 fully saturated rings. The first-order valence-corrected chi connectivity index (χ1v) is 10.0. The van der Waals surface area contributed by atoms with Crippen LogP contribution in [-0.2, 0) is 4.79 Å². The smallest absolute Gasteiger partial charge is 0.262 e. The van der Waals surface area contributed by atoms with Crippen LogP contribution in [-0.4, -0.2) is 67.6 Å². The van der Waals surface area contributed by atoms with Crippen molar-refractivity contribution in [1.82, 2.24) is 9.80 Å². The summed E-state index contributed by atoms with van der Waals surface area (Å²) in [5.74, 6) is 0.839. The van der Waals surface area contributed by atoms with E-state index < -0.39 is 0 Å². The van der Waals surface area contributed by atoms with Crippen LogP contribution in [0.1, 0.15) is 11.1 Å². The summed E-state index contributed by atoms with van der Waals surface area (Å²) < 4.78 is 11.1. The van der Waals surface area contributed by atoms with Crippen LogP contribution in [0.4, 0.5) is 5.69 Å². The van der Waals surface area contributed by atoms with Gasteiger partial charge in [-0.05, 0) is 44.3 Å². The largest absolute Gasteiger partial charge is 0.493 e. The average molecular weight is 414 g/mol. The van der Waals surface area contributed by atoms with Gasteiger partial charge in [0.25, 0.3) is 5.91 Å². The van der Waals surface area contributed by atoms with E-state index in [1.54, 1.807) is 13.2 Å². The molecule has 0 aromatic heterocycles. The fourth-order valence-electron chi connectivity index (χ4n) is 3.09. The Balaban J connectivity index is 1.60. The maximum atomic E-state index is 12.2. The highest BCUT2D eigenvalue weighted by Gasteiger charge is 2.19. The molecule has 0 radical (unpaired) electrons. The number of benzene rings is 2. The normalized spacial score (nSPS) is 14.4. The first-order chi connectivity index (χ1) is 14.0. The molecule has 1 N–H and O–H groups in total. The minimum absolute atomic E-state index is 0.105. The summed E-state index contributed by atoms with van der Waals surface area (Å²) in [6, 6.07) is 13.2. The van der Waals surface area contributed by atoms with Crippen LogP contribution < -0.4 is 14.8 Å². The number of hydrogen-bond donors (Lipinski definition) is 1. The lowest BCUT2D eigenvalue weighted by Crippen LogP contribution is -2.46. The van der Waals surface area contributed by atoms with Crippen molar-refractivity contribution in [3.8, 4) is 11.5 Å². The lowest BCUT2D eigenvalue weighted by atomic mass is 10.1. The number of hydrogen-bond acceptors (Lipinski definition) is 5. The van der Waals surface area contributed by atoms with Crippen LogP contribution in [0.5, 0.6) is 11.5 Å². The number of nitrogens with zero attached hydrogens (tertiary/aromatic N) is 2. The van der Waals surface area contributed by atoms with Gasteiger partial charge in [-0.2, -0.15) is 0 Å². The highest BCUT2D eigenvalue weighted by Crippen LogP contribution is 2.29. The molecule has 1 saturated heterocycles. The van der Waals surface area contributed by atoms with Crippen LogP contribution in [0, 0.1) is 6.92 Å². The lowest BCUT2D eigenvalue weighted by molar-refractivity contribution is -0.118. The van der Waals surface area contributed by atoms with E-state index in [1.165, 1.54) is 0 Å². The number of ether oxygens (including phenoxy) is 2. The molecular weight excluding hydrogens is 386 g/mol. The maximum absolute atomic E-state index is 12.2.